The molecule has 0 aromatic heterocycles. The predicted octanol–water partition coefficient (Wildman–Crippen LogP) is 2.34. The summed E-state index contributed by atoms with van der Waals surface area (Å²) in [6.45, 7) is 9.26. The first-order valence-corrected chi connectivity index (χ1v) is 3.69. The first kappa shape index (κ1) is 8.96. The SMILES string of the molecule is CCC(C)C(C)(C)C[NH]. The van der Waals surface area contributed by atoms with Crippen LogP contribution in [-0.4, -0.2) is 6.54 Å². The summed E-state index contributed by atoms with van der Waals surface area (Å²) < 4.78 is 0. The molecule has 0 aliphatic heterocycles. The number of nitrogens with one attached hydrogen (secondary N) is 1. The number of rotatable bonds is 3. The number of hydrogen-bond donors (Lipinski definition) is 0. The quantitative estimate of drug-likeness (QED) is 0.557. The summed E-state index contributed by atoms with van der Waals surface area (Å²) in [7, 11) is 0. The lowest BCUT2D eigenvalue weighted by molar-refractivity contribution is 0.232. The molecule has 1 heteroatoms. The highest BCUT2D eigenvalue weighted by Gasteiger charge is 2.22. The zero-order chi connectivity index (χ0) is 7.49. The Bertz CT molecular complexity index is 76.6. The monoisotopic (exact) mass is 128 g/mol. The molecule has 0 fully saturated rings. The molecule has 55 valence electrons. The van der Waals surface area contributed by atoms with Crippen LogP contribution in [-0.2, 0) is 0 Å². The first-order valence-electron chi connectivity index (χ1n) is 3.69. The van der Waals surface area contributed by atoms with E-state index < -0.39 is 0 Å². The van der Waals surface area contributed by atoms with Gasteiger partial charge in [-0.05, 0) is 11.3 Å². The highest BCUT2D eigenvalue weighted by atomic mass is 14.6. The van der Waals surface area contributed by atoms with Gasteiger partial charge in [0, 0.05) is 6.54 Å². The van der Waals surface area contributed by atoms with Crippen LogP contribution in [0.25, 0.3) is 0 Å². The summed E-state index contributed by atoms with van der Waals surface area (Å²) in [5.74, 6) is 0.676. The van der Waals surface area contributed by atoms with Gasteiger partial charge in [-0.1, -0.05) is 34.1 Å². The van der Waals surface area contributed by atoms with E-state index in [-0.39, 0.29) is 5.41 Å². The van der Waals surface area contributed by atoms with Gasteiger partial charge in [-0.3, -0.25) is 5.73 Å². The topological polar surface area (TPSA) is 23.8 Å². The molecule has 0 heterocycles. The molecule has 1 N–H and O–H groups in total. The second kappa shape index (κ2) is 3.21. The van der Waals surface area contributed by atoms with E-state index in [0.29, 0.717) is 12.5 Å². The fraction of sp³-hybridized carbons (Fsp3) is 1.00. The van der Waals surface area contributed by atoms with Gasteiger partial charge in [0.1, 0.15) is 0 Å². The fourth-order valence-corrected chi connectivity index (χ4v) is 0.727. The minimum atomic E-state index is 0.217. The van der Waals surface area contributed by atoms with Crippen LogP contribution in [0.2, 0.25) is 0 Å². The van der Waals surface area contributed by atoms with Crippen molar-refractivity contribution in [2.45, 2.75) is 34.1 Å². The first-order chi connectivity index (χ1) is 4.04. The van der Waals surface area contributed by atoms with Crippen LogP contribution in [0.1, 0.15) is 34.1 Å². The third kappa shape index (κ3) is 2.35. The molecule has 0 amide bonds. The maximum Gasteiger partial charge on any atom is 0.0154 e. The van der Waals surface area contributed by atoms with Gasteiger partial charge in [0.15, 0.2) is 0 Å². The van der Waals surface area contributed by atoms with Crippen LogP contribution in [0.5, 0.6) is 0 Å². The van der Waals surface area contributed by atoms with E-state index in [1.165, 1.54) is 6.42 Å². The molecule has 1 unspecified atom stereocenters. The Kier molecular flexibility index (Phi) is 3.20. The Balaban J connectivity index is 3.80. The van der Waals surface area contributed by atoms with Crippen LogP contribution in [0.4, 0.5) is 0 Å². The third-order valence-electron chi connectivity index (χ3n) is 2.40. The summed E-state index contributed by atoms with van der Waals surface area (Å²) in [4.78, 5) is 0. The Labute approximate surface area is 58.6 Å². The smallest absolute Gasteiger partial charge is 0.0154 e. The van der Waals surface area contributed by atoms with Crippen molar-refractivity contribution < 1.29 is 0 Å². The molecule has 0 bridgehead atoms. The number of hydrogen-bond acceptors (Lipinski definition) is 0. The van der Waals surface area contributed by atoms with Crippen molar-refractivity contribution >= 4 is 0 Å². The molecule has 1 atom stereocenters. The maximum absolute atomic E-state index is 7.24. The summed E-state index contributed by atoms with van der Waals surface area (Å²) >= 11 is 0. The van der Waals surface area contributed by atoms with Crippen molar-refractivity contribution in [1.29, 1.82) is 0 Å². The normalized spacial score (nSPS) is 15.7. The summed E-state index contributed by atoms with van der Waals surface area (Å²) in [6, 6.07) is 0. The van der Waals surface area contributed by atoms with Gasteiger partial charge >= 0.3 is 0 Å². The maximum atomic E-state index is 7.24. The molecule has 0 saturated carbocycles. The standard InChI is InChI=1S/C8H18N/c1-5-7(2)8(3,4)6-9/h7,9H,5-6H2,1-4H3. The molecule has 0 aliphatic carbocycles. The Hall–Kier alpha value is -0.0400. The molecule has 9 heavy (non-hydrogen) atoms. The van der Waals surface area contributed by atoms with Crippen molar-refractivity contribution in [2.75, 3.05) is 6.54 Å². The van der Waals surface area contributed by atoms with E-state index in [1.54, 1.807) is 0 Å². The van der Waals surface area contributed by atoms with Gasteiger partial charge in [0.25, 0.3) is 0 Å². The summed E-state index contributed by atoms with van der Waals surface area (Å²) in [5, 5.41) is 0. The third-order valence-corrected chi connectivity index (χ3v) is 2.40. The zero-order valence-electron chi connectivity index (χ0n) is 6.99. The molecule has 0 spiro atoms. The molecule has 0 rings (SSSR count). The Morgan fingerprint density at radius 2 is 1.89 bits per heavy atom. The van der Waals surface area contributed by atoms with E-state index in [2.05, 4.69) is 27.7 Å². The van der Waals surface area contributed by atoms with Crippen LogP contribution in [0.15, 0.2) is 0 Å². The molecule has 0 aromatic carbocycles. The average Bonchev–Trinajstić information content (AvgIpc) is 1.86. The van der Waals surface area contributed by atoms with Crippen molar-refractivity contribution in [3.63, 3.8) is 0 Å². The van der Waals surface area contributed by atoms with E-state index in [0.717, 1.165) is 0 Å². The molecule has 1 nitrogen and oxygen atoms in total. The minimum Gasteiger partial charge on any atom is -0.257 e. The van der Waals surface area contributed by atoms with E-state index in [1.807, 2.05) is 0 Å². The fourth-order valence-electron chi connectivity index (χ4n) is 0.727. The van der Waals surface area contributed by atoms with E-state index in [9.17, 15) is 0 Å². The zero-order valence-corrected chi connectivity index (χ0v) is 6.99. The van der Waals surface area contributed by atoms with Crippen LogP contribution >= 0.6 is 0 Å². The molecular weight excluding hydrogens is 110 g/mol. The van der Waals surface area contributed by atoms with Crippen molar-refractivity contribution in [3.8, 4) is 0 Å². The average molecular weight is 128 g/mol. The highest BCUT2D eigenvalue weighted by Crippen LogP contribution is 2.27. The summed E-state index contributed by atoms with van der Waals surface area (Å²) in [6.07, 6.45) is 1.19. The lowest BCUT2D eigenvalue weighted by Crippen LogP contribution is -2.25. The van der Waals surface area contributed by atoms with Gasteiger partial charge in [-0.25, -0.2) is 0 Å². The minimum absolute atomic E-state index is 0.217. The second-order valence-electron chi connectivity index (χ2n) is 3.47. The van der Waals surface area contributed by atoms with Crippen LogP contribution in [0.3, 0.4) is 0 Å². The molecule has 1 radical (unpaired) electrons. The highest BCUT2D eigenvalue weighted by molar-refractivity contribution is 4.74. The van der Waals surface area contributed by atoms with E-state index >= 15 is 0 Å². The Morgan fingerprint density at radius 3 is 2.00 bits per heavy atom. The molecular formula is C8H18N. The van der Waals surface area contributed by atoms with Gasteiger partial charge in [0.05, 0.1) is 0 Å². The van der Waals surface area contributed by atoms with Gasteiger partial charge in [-0.2, -0.15) is 0 Å². The van der Waals surface area contributed by atoms with Crippen LogP contribution in [0, 0.1) is 11.3 Å². The second-order valence-corrected chi connectivity index (χ2v) is 3.47. The lowest BCUT2D eigenvalue weighted by atomic mass is 9.79. The lowest BCUT2D eigenvalue weighted by Gasteiger charge is -2.28. The molecule has 0 saturated heterocycles. The molecule has 0 aromatic rings. The van der Waals surface area contributed by atoms with Crippen molar-refractivity contribution in [2.24, 2.45) is 11.3 Å². The van der Waals surface area contributed by atoms with Gasteiger partial charge < -0.3 is 0 Å². The van der Waals surface area contributed by atoms with E-state index in [4.69, 9.17) is 5.73 Å². The van der Waals surface area contributed by atoms with Crippen molar-refractivity contribution in [3.05, 3.63) is 0 Å². The van der Waals surface area contributed by atoms with Crippen LogP contribution < -0.4 is 5.73 Å². The summed E-state index contributed by atoms with van der Waals surface area (Å²) in [5.41, 5.74) is 7.46. The van der Waals surface area contributed by atoms with Gasteiger partial charge in [-0.15, -0.1) is 0 Å². The molecule has 0 aliphatic rings. The predicted molar refractivity (Wildman–Crippen MR) is 41.2 cm³/mol. The Morgan fingerprint density at radius 1 is 1.44 bits per heavy atom. The largest absolute Gasteiger partial charge is 0.257 e. The van der Waals surface area contributed by atoms with Crippen molar-refractivity contribution in [1.82, 2.24) is 5.73 Å². The van der Waals surface area contributed by atoms with Gasteiger partial charge in [0.2, 0.25) is 0 Å².